The van der Waals surface area contributed by atoms with Gasteiger partial charge in [0, 0.05) is 10.9 Å². The maximum Gasteiger partial charge on any atom is 0.320 e. The predicted molar refractivity (Wildman–Crippen MR) is 62.2 cm³/mol. The number of anilines is 2. The second-order valence-electron chi connectivity index (χ2n) is 3.86. The second-order valence-corrected chi connectivity index (χ2v) is 4.89. The summed E-state index contributed by atoms with van der Waals surface area (Å²) in [6.45, 7) is 0.823. The maximum atomic E-state index is 5.45. The van der Waals surface area contributed by atoms with Gasteiger partial charge in [0.2, 0.25) is 0 Å². The van der Waals surface area contributed by atoms with Crippen LogP contribution in [0.3, 0.4) is 0 Å². The van der Waals surface area contributed by atoms with E-state index in [1.54, 1.807) is 11.3 Å². The molecule has 3 rings (SSSR count). The third-order valence-corrected chi connectivity index (χ3v) is 3.43. The van der Waals surface area contributed by atoms with Gasteiger partial charge in [-0.2, -0.15) is 0 Å². The lowest BCUT2D eigenvalue weighted by molar-refractivity contribution is 0.543. The molecule has 1 aliphatic carbocycles. The van der Waals surface area contributed by atoms with E-state index in [9.17, 15) is 0 Å². The van der Waals surface area contributed by atoms with Crippen molar-refractivity contribution in [2.24, 2.45) is 0 Å². The molecule has 0 unspecified atom stereocenters. The van der Waals surface area contributed by atoms with Crippen molar-refractivity contribution in [2.75, 3.05) is 10.6 Å². The Morgan fingerprint density at radius 3 is 2.94 bits per heavy atom. The summed E-state index contributed by atoms with van der Waals surface area (Å²) in [6, 6.07) is 5.36. The SMILES string of the molecule is Nc1nnc(N(Cc2cccs2)C2CC2)o1. The van der Waals surface area contributed by atoms with Crippen molar-refractivity contribution < 1.29 is 4.42 Å². The number of aromatic nitrogens is 2. The average molecular weight is 236 g/mol. The smallest absolute Gasteiger partial charge is 0.320 e. The zero-order valence-corrected chi connectivity index (χ0v) is 9.48. The van der Waals surface area contributed by atoms with Crippen molar-refractivity contribution >= 4 is 23.4 Å². The Labute approximate surface area is 96.9 Å². The summed E-state index contributed by atoms with van der Waals surface area (Å²) in [5.41, 5.74) is 5.45. The molecule has 0 spiro atoms. The monoisotopic (exact) mass is 236 g/mol. The summed E-state index contributed by atoms with van der Waals surface area (Å²) in [5.74, 6) is 0. The second kappa shape index (κ2) is 3.79. The molecule has 16 heavy (non-hydrogen) atoms. The van der Waals surface area contributed by atoms with Crippen LogP contribution in [0.1, 0.15) is 17.7 Å². The van der Waals surface area contributed by atoms with Gasteiger partial charge in [0.05, 0.1) is 6.54 Å². The van der Waals surface area contributed by atoms with Crippen molar-refractivity contribution in [2.45, 2.75) is 25.4 Å². The molecule has 0 aliphatic heterocycles. The molecule has 0 aromatic carbocycles. The van der Waals surface area contributed by atoms with Crippen LogP contribution in [0.2, 0.25) is 0 Å². The molecule has 2 N–H and O–H groups in total. The van der Waals surface area contributed by atoms with Crippen LogP contribution >= 0.6 is 11.3 Å². The zero-order chi connectivity index (χ0) is 11.0. The van der Waals surface area contributed by atoms with Crippen LogP contribution in [0, 0.1) is 0 Å². The first kappa shape index (κ1) is 9.65. The summed E-state index contributed by atoms with van der Waals surface area (Å²) in [4.78, 5) is 3.43. The average Bonchev–Trinajstić information content (AvgIpc) is 2.81. The lowest BCUT2D eigenvalue weighted by atomic mass is 10.4. The summed E-state index contributed by atoms with van der Waals surface area (Å²) in [5, 5.41) is 9.72. The van der Waals surface area contributed by atoms with E-state index in [0.717, 1.165) is 6.54 Å². The first-order valence-corrected chi connectivity index (χ1v) is 6.09. The summed E-state index contributed by atoms with van der Waals surface area (Å²) in [6.07, 6.45) is 2.38. The zero-order valence-electron chi connectivity index (χ0n) is 8.67. The van der Waals surface area contributed by atoms with Crippen LogP contribution in [0.5, 0.6) is 0 Å². The molecule has 0 bridgehead atoms. The number of rotatable bonds is 4. The molecule has 0 radical (unpaired) electrons. The van der Waals surface area contributed by atoms with Gasteiger partial charge in [-0.1, -0.05) is 16.3 Å². The molecule has 1 fully saturated rings. The fraction of sp³-hybridized carbons (Fsp3) is 0.400. The molecule has 2 aromatic rings. The van der Waals surface area contributed by atoms with Crippen molar-refractivity contribution in [3.8, 4) is 0 Å². The molecule has 5 nitrogen and oxygen atoms in total. The van der Waals surface area contributed by atoms with Gasteiger partial charge in [-0.05, 0) is 24.3 Å². The Morgan fingerprint density at radius 2 is 2.38 bits per heavy atom. The topological polar surface area (TPSA) is 68.2 Å². The molecule has 84 valence electrons. The number of thiophene rings is 1. The highest BCUT2D eigenvalue weighted by Crippen LogP contribution is 2.33. The quantitative estimate of drug-likeness (QED) is 0.877. The number of nitrogens with two attached hydrogens (primary N) is 1. The minimum Gasteiger partial charge on any atom is -0.390 e. The summed E-state index contributed by atoms with van der Waals surface area (Å²) in [7, 11) is 0. The van der Waals surface area contributed by atoms with Crippen LogP contribution in [0.4, 0.5) is 12.0 Å². The van der Waals surface area contributed by atoms with E-state index >= 15 is 0 Å². The number of nitrogens with zero attached hydrogens (tertiary/aromatic N) is 3. The minimum atomic E-state index is 0.131. The normalized spacial score (nSPS) is 15.2. The fourth-order valence-electron chi connectivity index (χ4n) is 1.65. The van der Waals surface area contributed by atoms with Crippen molar-refractivity contribution in [1.29, 1.82) is 0 Å². The minimum absolute atomic E-state index is 0.131. The molecule has 1 saturated carbocycles. The van der Waals surface area contributed by atoms with Crippen LogP contribution in [-0.4, -0.2) is 16.2 Å². The molecule has 2 aromatic heterocycles. The van der Waals surface area contributed by atoms with Crippen LogP contribution < -0.4 is 10.6 Å². The lowest BCUT2D eigenvalue weighted by Crippen LogP contribution is -2.24. The Bertz CT molecular complexity index is 463. The van der Waals surface area contributed by atoms with Crippen molar-refractivity contribution in [3.05, 3.63) is 22.4 Å². The van der Waals surface area contributed by atoms with Gasteiger partial charge in [0.25, 0.3) is 0 Å². The largest absolute Gasteiger partial charge is 0.390 e. The van der Waals surface area contributed by atoms with Gasteiger partial charge in [-0.15, -0.1) is 11.3 Å². The molecule has 0 amide bonds. The van der Waals surface area contributed by atoms with E-state index in [1.165, 1.54) is 17.7 Å². The van der Waals surface area contributed by atoms with Gasteiger partial charge < -0.3 is 15.1 Å². The molecule has 6 heteroatoms. The van der Waals surface area contributed by atoms with E-state index < -0.39 is 0 Å². The Morgan fingerprint density at radius 1 is 1.50 bits per heavy atom. The van der Waals surface area contributed by atoms with Gasteiger partial charge in [0.1, 0.15) is 0 Å². The standard InChI is InChI=1S/C10H12N4OS/c11-9-12-13-10(15-9)14(7-3-4-7)6-8-2-1-5-16-8/h1-2,5,7H,3-4,6H2,(H2,11,12). The van der Waals surface area contributed by atoms with E-state index in [1.807, 2.05) is 6.07 Å². The Kier molecular flexibility index (Phi) is 2.28. The molecular weight excluding hydrogens is 224 g/mol. The number of hydrogen-bond donors (Lipinski definition) is 1. The highest BCUT2D eigenvalue weighted by atomic mass is 32.1. The third-order valence-electron chi connectivity index (χ3n) is 2.57. The van der Waals surface area contributed by atoms with Gasteiger partial charge in [-0.25, -0.2) is 0 Å². The third kappa shape index (κ3) is 1.88. The van der Waals surface area contributed by atoms with Crippen LogP contribution in [0.25, 0.3) is 0 Å². The first-order chi connectivity index (χ1) is 7.83. The maximum absolute atomic E-state index is 5.45. The van der Waals surface area contributed by atoms with Gasteiger partial charge in [-0.3, -0.25) is 0 Å². The summed E-state index contributed by atoms with van der Waals surface area (Å²) >= 11 is 1.74. The first-order valence-electron chi connectivity index (χ1n) is 5.21. The highest BCUT2D eigenvalue weighted by Gasteiger charge is 2.32. The summed E-state index contributed by atoms with van der Waals surface area (Å²) < 4.78 is 5.28. The Balaban J connectivity index is 1.81. The van der Waals surface area contributed by atoms with Gasteiger partial charge in [0.15, 0.2) is 0 Å². The predicted octanol–water partition coefficient (Wildman–Crippen LogP) is 1.88. The van der Waals surface area contributed by atoms with E-state index in [4.69, 9.17) is 10.2 Å². The molecule has 0 atom stereocenters. The van der Waals surface area contributed by atoms with Crippen molar-refractivity contribution in [3.63, 3.8) is 0 Å². The van der Waals surface area contributed by atoms with E-state index in [0.29, 0.717) is 12.1 Å². The van der Waals surface area contributed by atoms with Crippen molar-refractivity contribution in [1.82, 2.24) is 10.2 Å². The highest BCUT2D eigenvalue weighted by molar-refractivity contribution is 7.09. The van der Waals surface area contributed by atoms with E-state index in [2.05, 4.69) is 26.5 Å². The molecule has 2 heterocycles. The van der Waals surface area contributed by atoms with Gasteiger partial charge >= 0.3 is 12.0 Å². The van der Waals surface area contributed by atoms with Crippen LogP contribution in [0.15, 0.2) is 21.9 Å². The molecular formula is C10H12N4OS. The molecule has 1 aliphatic rings. The van der Waals surface area contributed by atoms with Crippen LogP contribution in [-0.2, 0) is 6.54 Å². The fourth-order valence-corrected chi connectivity index (χ4v) is 2.35. The van der Waals surface area contributed by atoms with E-state index in [-0.39, 0.29) is 6.01 Å². The number of hydrogen-bond acceptors (Lipinski definition) is 6. The molecule has 0 saturated heterocycles. The Hall–Kier alpha value is -1.56. The lowest BCUT2D eigenvalue weighted by Gasteiger charge is -2.18. The number of nitrogen functional groups attached to an aromatic ring is 1.